The number of nitrogens with zero attached hydrogens (tertiary/aromatic N) is 3. The molecule has 1 amide bonds. The van der Waals surface area contributed by atoms with Gasteiger partial charge in [0.2, 0.25) is 9.84 Å². The van der Waals surface area contributed by atoms with Gasteiger partial charge in [0, 0.05) is 24.3 Å². The Morgan fingerprint density at radius 3 is 2.60 bits per heavy atom. The van der Waals surface area contributed by atoms with Crippen molar-refractivity contribution in [2.45, 2.75) is 61.5 Å². The fourth-order valence-electron chi connectivity index (χ4n) is 4.25. The molecule has 1 aliphatic carbocycles. The number of nitrogens with one attached hydrogen (secondary N) is 1. The number of rotatable bonds is 6. The first kappa shape index (κ1) is 20.6. The van der Waals surface area contributed by atoms with E-state index in [1.807, 2.05) is 4.90 Å². The zero-order chi connectivity index (χ0) is 21.7. The quantitative estimate of drug-likeness (QED) is 0.724. The van der Waals surface area contributed by atoms with E-state index in [9.17, 15) is 13.2 Å². The van der Waals surface area contributed by atoms with Gasteiger partial charge >= 0.3 is 0 Å². The fraction of sp³-hybridized carbons (Fsp3) is 0.476. The Bertz CT molecular complexity index is 1100. The third-order valence-electron chi connectivity index (χ3n) is 5.69. The molecular formula is C21H27N5O3S. The van der Waals surface area contributed by atoms with Gasteiger partial charge in [-0.1, -0.05) is 13.0 Å². The van der Waals surface area contributed by atoms with Crippen LogP contribution >= 0.6 is 0 Å². The van der Waals surface area contributed by atoms with Crippen molar-refractivity contribution < 1.29 is 13.2 Å². The number of anilines is 2. The molecule has 1 saturated heterocycles. The van der Waals surface area contributed by atoms with Crippen molar-refractivity contribution in [3.8, 4) is 0 Å². The Morgan fingerprint density at radius 1 is 1.27 bits per heavy atom. The number of nitrogens with two attached hydrogens (primary N) is 1. The lowest BCUT2D eigenvalue weighted by Crippen LogP contribution is -2.40. The Hall–Kier alpha value is -2.68. The summed E-state index contributed by atoms with van der Waals surface area (Å²) < 4.78 is 26.9. The van der Waals surface area contributed by atoms with Gasteiger partial charge in [-0.05, 0) is 57.2 Å². The molecule has 1 saturated carbocycles. The monoisotopic (exact) mass is 429 g/mol. The highest BCUT2D eigenvalue weighted by molar-refractivity contribution is 7.91. The Balaban J connectivity index is 1.82. The van der Waals surface area contributed by atoms with Crippen LogP contribution in [0.25, 0.3) is 0 Å². The maximum absolute atomic E-state index is 13.5. The smallest absolute Gasteiger partial charge is 0.253 e. The first-order valence-corrected chi connectivity index (χ1v) is 11.6. The van der Waals surface area contributed by atoms with Gasteiger partial charge < -0.3 is 16.0 Å². The third kappa shape index (κ3) is 3.74. The fourth-order valence-corrected chi connectivity index (χ4v) is 5.65. The van der Waals surface area contributed by atoms with Crippen molar-refractivity contribution in [2.24, 2.45) is 11.7 Å². The standard InChI is InChI=1S/C21H27N5O3S/c1-13-11-21(2,3)26(12-13)20-18(19(22)27)15(9-10-23-20)30(28,29)17-6-4-5-16(25-17)24-14-7-8-14/h4-6,9-10,13-14H,7-8,11-12H2,1-3H3,(H2,22,27)(H,24,25). The number of aromatic nitrogens is 2. The molecule has 0 aromatic carbocycles. The molecule has 1 atom stereocenters. The summed E-state index contributed by atoms with van der Waals surface area (Å²) in [6.45, 7) is 6.90. The molecule has 2 aromatic rings. The van der Waals surface area contributed by atoms with Crippen LogP contribution in [0.2, 0.25) is 0 Å². The SMILES string of the molecule is CC1CN(c2nccc(S(=O)(=O)c3cccc(NC4CC4)n3)c2C(N)=O)C(C)(C)C1. The van der Waals surface area contributed by atoms with E-state index in [-0.39, 0.29) is 21.0 Å². The molecule has 4 rings (SSSR count). The predicted molar refractivity (Wildman–Crippen MR) is 114 cm³/mol. The number of carbonyl (C=O) groups excluding carboxylic acids is 1. The molecule has 160 valence electrons. The van der Waals surface area contributed by atoms with Gasteiger partial charge in [0.05, 0.1) is 4.90 Å². The normalized spacial score (nSPS) is 20.9. The molecule has 2 aromatic heterocycles. The van der Waals surface area contributed by atoms with Crippen LogP contribution in [-0.4, -0.2) is 42.4 Å². The third-order valence-corrected chi connectivity index (χ3v) is 7.38. The van der Waals surface area contributed by atoms with Gasteiger partial charge in [-0.3, -0.25) is 4.79 Å². The van der Waals surface area contributed by atoms with Crippen LogP contribution in [0.4, 0.5) is 11.6 Å². The summed E-state index contributed by atoms with van der Waals surface area (Å²) >= 11 is 0. The predicted octanol–water partition coefficient (Wildman–Crippen LogP) is 2.61. The van der Waals surface area contributed by atoms with E-state index in [2.05, 4.69) is 36.1 Å². The second-order valence-electron chi connectivity index (χ2n) is 8.89. The summed E-state index contributed by atoms with van der Waals surface area (Å²) in [5.74, 6) is 0.377. The van der Waals surface area contributed by atoms with Gasteiger partial charge in [-0.15, -0.1) is 0 Å². The van der Waals surface area contributed by atoms with Crippen LogP contribution in [0.3, 0.4) is 0 Å². The number of primary amides is 1. The molecule has 30 heavy (non-hydrogen) atoms. The van der Waals surface area contributed by atoms with Crippen LogP contribution in [0.5, 0.6) is 0 Å². The first-order chi connectivity index (χ1) is 14.1. The van der Waals surface area contributed by atoms with E-state index in [1.165, 1.54) is 18.3 Å². The number of hydrogen-bond donors (Lipinski definition) is 2. The van der Waals surface area contributed by atoms with E-state index >= 15 is 0 Å². The van der Waals surface area contributed by atoms with Crippen LogP contribution in [0.15, 0.2) is 40.4 Å². The summed E-state index contributed by atoms with van der Waals surface area (Å²) in [5.41, 5.74) is 5.33. The maximum Gasteiger partial charge on any atom is 0.253 e. The van der Waals surface area contributed by atoms with Crippen molar-refractivity contribution in [1.29, 1.82) is 0 Å². The van der Waals surface area contributed by atoms with E-state index < -0.39 is 15.7 Å². The van der Waals surface area contributed by atoms with Crippen molar-refractivity contribution in [1.82, 2.24) is 9.97 Å². The van der Waals surface area contributed by atoms with Crippen molar-refractivity contribution in [2.75, 3.05) is 16.8 Å². The molecule has 1 aliphatic heterocycles. The first-order valence-electron chi connectivity index (χ1n) is 10.1. The van der Waals surface area contributed by atoms with Gasteiger partial charge in [-0.2, -0.15) is 0 Å². The topological polar surface area (TPSA) is 118 Å². The summed E-state index contributed by atoms with van der Waals surface area (Å²) in [6.07, 6.45) is 4.41. The molecule has 3 heterocycles. The highest BCUT2D eigenvalue weighted by atomic mass is 32.2. The minimum atomic E-state index is -4.07. The second kappa shape index (κ2) is 7.23. The Labute approximate surface area is 176 Å². The zero-order valence-electron chi connectivity index (χ0n) is 17.4. The molecule has 0 spiro atoms. The van der Waals surface area contributed by atoms with Crippen molar-refractivity contribution in [3.05, 3.63) is 36.0 Å². The van der Waals surface area contributed by atoms with Crippen molar-refractivity contribution >= 4 is 27.4 Å². The summed E-state index contributed by atoms with van der Waals surface area (Å²) in [5, 5.41) is 3.08. The van der Waals surface area contributed by atoms with Gasteiger partial charge in [0.1, 0.15) is 17.2 Å². The Morgan fingerprint density at radius 2 is 2.00 bits per heavy atom. The molecule has 9 heteroatoms. The van der Waals surface area contributed by atoms with Gasteiger partial charge in [0.15, 0.2) is 5.03 Å². The lowest BCUT2D eigenvalue weighted by atomic mass is 9.97. The van der Waals surface area contributed by atoms with E-state index in [0.29, 0.717) is 30.1 Å². The lowest BCUT2D eigenvalue weighted by Gasteiger charge is -2.33. The number of carbonyl (C=O) groups is 1. The number of sulfone groups is 1. The maximum atomic E-state index is 13.5. The largest absolute Gasteiger partial charge is 0.367 e. The minimum Gasteiger partial charge on any atom is -0.367 e. The van der Waals surface area contributed by atoms with E-state index in [1.54, 1.807) is 12.1 Å². The summed E-state index contributed by atoms with van der Waals surface area (Å²) in [4.78, 5) is 22.9. The molecule has 1 unspecified atom stereocenters. The average molecular weight is 430 g/mol. The highest BCUT2D eigenvalue weighted by Gasteiger charge is 2.40. The minimum absolute atomic E-state index is 0.0815. The second-order valence-corrected chi connectivity index (χ2v) is 10.8. The number of pyridine rings is 2. The molecule has 3 N–H and O–H groups in total. The highest BCUT2D eigenvalue weighted by Crippen LogP contribution is 2.39. The van der Waals surface area contributed by atoms with Crippen LogP contribution in [0.1, 0.15) is 50.4 Å². The zero-order valence-corrected chi connectivity index (χ0v) is 18.2. The molecule has 8 nitrogen and oxygen atoms in total. The molecule has 0 radical (unpaired) electrons. The lowest BCUT2D eigenvalue weighted by molar-refractivity contribution is 0.0997. The molecular weight excluding hydrogens is 402 g/mol. The summed E-state index contributed by atoms with van der Waals surface area (Å²) in [7, 11) is -4.07. The van der Waals surface area contributed by atoms with Crippen molar-refractivity contribution in [3.63, 3.8) is 0 Å². The van der Waals surface area contributed by atoms with Gasteiger partial charge in [0.25, 0.3) is 5.91 Å². The molecule has 0 bridgehead atoms. The number of amides is 1. The summed E-state index contributed by atoms with van der Waals surface area (Å²) in [6, 6.07) is 6.47. The van der Waals surface area contributed by atoms with Crippen LogP contribution in [0, 0.1) is 5.92 Å². The van der Waals surface area contributed by atoms with Crippen LogP contribution < -0.4 is 16.0 Å². The van der Waals surface area contributed by atoms with E-state index in [4.69, 9.17) is 5.73 Å². The molecule has 2 aliphatic rings. The average Bonchev–Trinajstić information content (AvgIpc) is 3.44. The van der Waals surface area contributed by atoms with Crippen LogP contribution in [-0.2, 0) is 9.84 Å². The molecule has 2 fully saturated rings. The van der Waals surface area contributed by atoms with E-state index in [0.717, 1.165) is 19.3 Å². The Kier molecular flexibility index (Phi) is 4.96. The van der Waals surface area contributed by atoms with Gasteiger partial charge in [-0.25, -0.2) is 18.4 Å². The number of hydrogen-bond acceptors (Lipinski definition) is 7.